The molecule has 4 aromatic rings. The van der Waals surface area contributed by atoms with Crippen molar-refractivity contribution in [1.82, 2.24) is 9.78 Å². The minimum atomic E-state index is -0.358. The normalized spacial score (nSPS) is 11.0. The number of esters is 1. The van der Waals surface area contributed by atoms with Gasteiger partial charge in [-0.1, -0.05) is 60.2 Å². The number of hydrogen-bond acceptors (Lipinski definition) is 4. The van der Waals surface area contributed by atoms with E-state index in [1.165, 1.54) is 12.7 Å². The van der Waals surface area contributed by atoms with Crippen LogP contribution in [0.15, 0.2) is 89.9 Å². The summed E-state index contributed by atoms with van der Waals surface area (Å²) >= 11 is 0. The molecule has 0 saturated heterocycles. The molecule has 0 bridgehead atoms. The zero-order valence-corrected chi connectivity index (χ0v) is 16.8. The summed E-state index contributed by atoms with van der Waals surface area (Å²) in [5.41, 5.74) is 5.41. The minimum absolute atomic E-state index is 0.358. The Hall–Kier alpha value is -3.99. The van der Waals surface area contributed by atoms with Crippen LogP contribution >= 0.6 is 0 Å². The number of benzene rings is 3. The van der Waals surface area contributed by atoms with Crippen LogP contribution in [0.2, 0.25) is 0 Å². The zero-order chi connectivity index (χ0) is 20.9. The van der Waals surface area contributed by atoms with Gasteiger partial charge in [0.05, 0.1) is 24.1 Å². The van der Waals surface area contributed by atoms with Crippen molar-refractivity contribution in [3.05, 3.63) is 102 Å². The lowest BCUT2D eigenvalue weighted by Crippen LogP contribution is -2.00. The second-order valence-corrected chi connectivity index (χ2v) is 6.87. The molecule has 30 heavy (non-hydrogen) atoms. The predicted molar refractivity (Wildman–Crippen MR) is 119 cm³/mol. The maximum atomic E-state index is 11.6. The molecule has 0 aliphatic heterocycles. The topological polar surface area (TPSA) is 56.5 Å². The van der Waals surface area contributed by atoms with Crippen molar-refractivity contribution in [3.63, 3.8) is 0 Å². The van der Waals surface area contributed by atoms with Crippen molar-refractivity contribution in [2.45, 2.75) is 6.92 Å². The van der Waals surface area contributed by atoms with Gasteiger partial charge in [-0.3, -0.25) is 0 Å². The molecule has 1 aromatic heterocycles. The van der Waals surface area contributed by atoms with Crippen LogP contribution in [-0.2, 0) is 4.74 Å². The van der Waals surface area contributed by atoms with Gasteiger partial charge in [0, 0.05) is 17.8 Å². The Morgan fingerprint density at radius 1 is 0.967 bits per heavy atom. The lowest BCUT2D eigenvalue weighted by atomic mass is 10.1. The van der Waals surface area contributed by atoms with Gasteiger partial charge >= 0.3 is 5.97 Å². The van der Waals surface area contributed by atoms with Crippen LogP contribution in [0, 0.1) is 6.92 Å². The molecular formula is C25H21N3O2. The first-order chi connectivity index (χ1) is 14.6. The van der Waals surface area contributed by atoms with E-state index in [-0.39, 0.29) is 5.97 Å². The first-order valence-corrected chi connectivity index (χ1v) is 9.59. The quantitative estimate of drug-likeness (QED) is 0.336. The lowest BCUT2D eigenvalue weighted by Gasteiger charge is -2.03. The molecule has 0 radical (unpaired) electrons. The Labute approximate surface area is 175 Å². The molecular weight excluding hydrogens is 374 g/mol. The number of aliphatic imine (C=N–C) groups is 1. The highest BCUT2D eigenvalue weighted by atomic mass is 16.5. The summed E-state index contributed by atoms with van der Waals surface area (Å²) in [5, 5.41) is 4.78. The van der Waals surface area contributed by atoms with Crippen LogP contribution in [0.25, 0.3) is 16.9 Å². The second kappa shape index (κ2) is 8.57. The van der Waals surface area contributed by atoms with Gasteiger partial charge in [-0.15, -0.1) is 0 Å². The molecule has 1 heterocycles. The number of carbonyl (C=O) groups excluding carboxylic acids is 1. The van der Waals surface area contributed by atoms with Crippen LogP contribution in [0.4, 0.5) is 5.82 Å². The highest BCUT2D eigenvalue weighted by Crippen LogP contribution is 2.27. The van der Waals surface area contributed by atoms with E-state index in [0.717, 1.165) is 22.5 Å². The average Bonchev–Trinajstić information content (AvgIpc) is 3.23. The number of methoxy groups -OCH3 is 1. The number of hydrogen-bond donors (Lipinski definition) is 0. The Bertz CT molecular complexity index is 1180. The Balaban J connectivity index is 1.70. The van der Waals surface area contributed by atoms with Crippen molar-refractivity contribution in [2.75, 3.05) is 7.11 Å². The van der Waals surface area contributed by atoms with E-state index in [1.54, 1.807) is 18.3 Å². The third-order valence-corrected chi connectivity index (χ3v) is 4.72. The van der Waals surface area contributed by atoms with E-state index in [2.05, 4.69) is 36.2 Å². The molecule has 0 aliphatic carbocycles. The smallest absolute Gasteiger partial charge is 0.337 e. The van der Waals surface area contributed by atoms with Crippen molar-refractivity contribution in [2.24, 2.45) is 4.99 Å². The molecule has 0 aliphatic rings. The molecule has 0 unspecified atom stereocenters. The van der Waals surface area contributed by atoms with Crippen LogP contribution in [0.5, 0.6) is 0 Å². The van der Waals surface area contributed by atoms with Crippen LogP contribution in [0.1, 0.15) is 21.5 Å². The number of ether oxygens (including phenoxy) is 1. The average molecular weight is 395 g/mol. The molecule has 4 rings (SSSR count). The third kappa shape index (κ3) is 4.20. The molecule has 0 atom stereocenters. The number of aromatic nitrogens is 2. The van der Waals surface area contributed by atoms with Gasteiger partial charge in [0.15, 0.2) is 5.82 Å². The van der Waals surface area contributed by atoms with Gasteiger partial charge in [0.1, 0.15) is 0 Å². The van der Waals surface area contributed by atoms with E-state index in [4.69, 9.17) is 9.84 Å². The number of carbonyl (C=O) groups is 1. The Kier molecular flexibility index (Phi) is 5.52. The van der Waals surface area contributed by atoms with Gasteiger partial charge < -0.3 is 4.74 Å². The van der Waals surface area contributed by atoms with Gasteiger partial charge in [-0.25, -0.2) is 14.5 Å². The summed E-state index contributed by atoms with van der Waals surface area (Å²) in [5.74, 6) is 0.359. The molecule has 0 N–H and O–H groups in total. The highest BCUT2D eigenvalue weighted by Gasteiger charge is 2.10. The molecule has 148 valence electrons. The molecule has 0 saturated carbocycles. The van der Waals surface area contributed by atoms with Crippen molar-refractivity contribution < 1.29 is 9.53 Å². The first-order valence-electron chi connectivity index (χ1n) is 9.59. The van der Waals surface area contributed by atoms with Gasteiger partial charge in [0.2, 0.25) is 0 Å². The van der Waals surface area contributed by atoms with E-state index >= 15 is 0 Å². The molecule has 3 aromatic carbocycles. The lowest BCUT2D eigenvalue weighted by molar-refractivity contribution is 0.0600. The maximum Gasteiger partial charge on any atom is 0.337 e. The van der Waals surface area contributed by atoms with E-state index in [1.807, 2.05) is 53.2 Å². The van der Waals surface area contributed by atoms with Crippen LogP contribution < -0.4 is 0 Å². The third-order valence-electron chi connectivity index (χ3n) is 4.72. The van der Waals surface area contributed by atoms with Crippen molar-refractivity contribution in [1.29, 1.82) is 0 Å². The highest BCUT2D eigenvalue weighted by molar-refractivity contribution is 5.91. The first kappa shape index (κ1) is 19.3. The van der Waals surface area contributed by atoms with Crippen molar-refractivity contribution in [3.8, 4) is 16.9 Å². The summed E-state index contributed by atoms with van der Waals surface area (Å²) in [4.78, 5) is 16.3. The van der Waals surface area contributed by atoms with Crippen LogP contribution in [0.3, 0.4) is 0 Å². The monoisotopic (exact) mass is 395 g/mol. The molecule has 5 nitrogen and oxygen atoms in total. The summed E-state index contributed by atoms with van der Waals surface area (Å²) in [6.45, 7) is 2.06. The molecule has 0 fully saturated rings. The number of aryl methyl sites for hydroxylation is 1. The van der Waals surface area contributed by atoms with Crippen molar-refractivity contribution >= 4 is 18.0 Å². The van der Waals surface area contributed by atoms with E-state index in [9.17, 15) is 4.79 Å². The summed E-state index contributed by atoms with van der Waals surface area (Å²) in [6, 6.07) is 27.3. The van der Waals surface area contributed by atoms with Gasteiger partial charge in [0.25, 0.3) is 0 Å². The molecule has 5 heteroatoms. The predicted octanol–water partition coefficient (Wildman–Crippen LogP) is 5.38. The fourth-order valence-corrected chi connectivity index (χ4v) is 3.05. The number of rotatable bonds is 5. The summed E-state index contributed by atoms with van der Waals surface area (Å²) in [7, 11) is 1.37. The minimum Gasteiger partial charge on any atom is -0.465 e. The largest absolute Gasteiger partial charge is 0.465 e. The summed E-state index contributed by atoms with van der Waals surface area (Å²) in [6.07, 6.45) is 1.76. The number of para-hydroxylation sites is 1. The fraction of sp³-hybridized carbons (Fsp3) is 0.0800. The SMILES string of the molecule is COC(=O)c1ccc(/C=N/c2cc(-c3ccc(C)cc3)nn2-c2ccccc2)cc1. The summed E-state index contributed by atoms with van der Waals surface area (Å²) < 4.78 is 6.57. The zero-order valence-electron chi connectivity index (χ0n) is 16.8. The Morgan fingerprint density at radius 3 is 2.33 bits per heavy atom. The fourth-order valence-electron chi connectivity index (χ4n) is 3.05. The van der Waals surface area contributed by atoms with Gasteiger partial charge in [-0.2, -0.15) is 5.10 Å². The molecule has 0 spiro atoms. The van der Waals surface area contributed by atoms with Gasteiger partial charge in [-0.05, 0) is 36.8 Å². The molecule has 0 amide bonds. The van der Waals surface area contributed by atoms with Crippen LogP contribution in [-0.4, -0.2) is 29.1 Å². The second-order valence-electron chi connectivity index (χ2n) is 6.87. The number of nitrogens with zero attached hydrogens (tertiary/aromatic N) is 3. The standard InChI is InChI=1S/C25H21N3O2/c1-18-8-12-20(13-9-18)23-16-24(28(27-23)22-6-4-3-5-7-22)26-17-19-10-14-21(15-11-19)25(29)30-2/h3-17H,1-2H3/b26-17+. The van der Waals surface area contributed by atoms with E-state index < -0.39 is 0 Å². The van der Waals surface area contributed by atoms with E-state index in [0.29, 0.717) is 11.4 Å². The maximum absolute atomic E-state index is 11.6. The Morgan fingerprint density at radius 2 is 1.67 bits per heavy atom.